The summed E-state index contributed by atoms with van der Waals surface area (Å²) in [4.78, 5) is 23.2. The molecule has 1 aliphatic heterocycles. The van der Waals surface area contributed by atoms with Crippen LogP contribution in [0, 0.1) is 5.82 Å². The van der Waals surface area contributed by atoms with Gasteiger partial charge in [-0.15, -0.1) is 0 Å². The van der Waals surface area contributed by atoms with Crippen LogP contribution in [0.15, 0.2) is 30.3 Å². The van der Waals surface area contributed by atoms with E-state index in [0.29, 0.717) is 6.54 Å². The first-order valence-electron chi connectivity index (χ1n) is 9.36. The summed E-state index contributed by atoms with van der Waals surface area (Å²) in [5.74, 6) is -0.294. The smallest absolute Gasteiger partial charge is 0.270 e. The van der Waals surface area contributed by atoms with Crippen molar-refractivity contribution in [2.45, 2.75) is 38.6 Å². The molecule has 27 heavy (non-hydrogen) atoms. The number of aromatic nitrogens is 2. The first kappa shape index (κ1) is 19.2. The number of hydrogen-bond acceptors (Lipinski definition) is 5. The van der Waals surface area contributed by atoms with Crippen molar-refractivity contribution in [2.75, 3.05) is 25.4 Å². The normalized spacial score (nSPS) is 15.9. The number of nitrogens with one attached hydrogen (secondary N) is 1. The SMILES string of the molecule is CC(C)c1cc(C(=O)NC[C@H](c2ccc(F)cc2)N2CCCC2)nc(N)n1. The van der Waals surface area contributed by atoms with E-state index >= 15 is 0 Å². The molecule has 1 aromatic heterocycles. The molecule has 0 aliphatic carbocycles. The lowest BCUT2D eigenvalue weighted by atomic mass is 10.1. The van der Waals surface area contributed by atoms with E-state index in [9.17, 15) is 9.18 Å². The van der Waals surface area contributed by atoms with Crippen LogP contribution in [0.3, 0.4) is 0 Å². The Bertz CT molecular complexity index is 787. The molecule has 1 amide bonds. The monoisotopic (exact) mass is 371 g/mol. The Morgan fingerprint density at radius 3 is 2.52 bits per heavy atom. The second-order valence-electron chi connectivity index (χ2n) is 7.21. The Balaban J connectivity index is 1.75. The van der Waals surface area contributed by atoms with Crippen LogP contribution in [0.5, 0.6) is 0 Å². The minimum atomic E-state index is -0.280. The van der Waals surface area contributed by atoms with Gasteiger partial charge in [-0.25, -0.2) is 14.4 Å². The zero-order valence-electron chi connectivity index (χ0n) is 15.8. The Morgan fingerprint density at radius 1 is 1.22 bits per heavy atom. The molecule has 2 heterocycles. The van der Waals surface area contributed by atoms with Gasteiger partial charge in [0.05, 0.1) is 6.04 Å². The third-order valence-electron chi connectivity index (χ3n) is 4.88. The Kier molecular flexibility index (Phi) is 6.01. The minimum Gasteiger partial charge on any atom is -0.368 e. The lowest BCUT2D eigenvalue weighted by Crippen LogP contribution is -2.37. The van der Waals surface area contributed by atoms with Crippen molar-refractivity contribution in [3.05, 3.63) is 53.1 Å². The maximum absolute atomic E-state index is 13.3. The van der Waals surface area contributed by atoms with Crippen molar-refractivity contribution in [3.63, 3.8) is 0 Å². The molecule has 3 N–H and O–H groups in total. The fraction of sp³-hybridized carbons (Fsp3) is 0.450. The number of carbonyl (C=O) groups is 1. The molecule has 1 saturated heterocycles. The zero-order valence-corrected chi connectivity index (χ0v) is 15.8. The summed E-state index contributed by atoms with van der Waals surface area (Å²) in [6.45, 7) is 6.33. The van der Waals surface area contributed by atoms with E-state index in [-0.39, 0.29) is 35.3 Å². The lowest BCUT2D eigenvalue weighted by molar-refractivity contribution is 0.0932. The van der Waals surface area contributed by atoms with Crippen LogP contribution in [-0.2, 0) is 0 Å². The molecular weight excluding hydrogens is 345 g/mol. The number of rotatable bonds is 6. The van der Waals surface area contributed by atoms with E-state index in [2.05, 4.69) is 20.2 Å². The number of anilines is 1. The average Bonchev–Trinajstić information content (AvgIpc) is 3.17. The highest BCUT2D eigenvalue weighted by molar-refractivity contribution is 5.92. The van der Waals surface area contributed by atoms with E-state index in [1.807, 2.05) is 13.8 Å². The van der Waals surface area contributed by atoms with Crippen molar-refractivity contribution < 1.29 is 9.18 Å². The highest BCUT2D eigenvalue weighted by Crippen LogP contribution is 2.25. The van der Waals surface area contributed by atoms with Gasteiger partial charge in [0.1, 0.15) is 11.5 Å². The molecular formula is C20H26FN5O. The number of nitrogens with two attached hydrogens (primary N) is 1. The molecule has 2 aromatic rings. The van der Waals surface area contributed by atoms with Gasteiger partial charge in [0, 0.05) is 12.2 Å². The molecule has 0 unspecified atom stereocenters. The third-order valence-corrected chi connectivity index (χ3v) is 4.88. The van der Waals surface area contributed by atoms with Crippen LogP contribution < -0.4 is 11.1 Å². The van der Waals surface area contributed by atoms with Gasteiger partial charge < -0.3 is 11.1 Å². The van der Waals surface area contributed by atoms with E-state index in [1.165, 1.54) is 12.1 Å². The molecule has 6 nitrogen and oxygen atoms in total. The van der Waals surface area contributed by atoms with Crippen LogP contribution in [0.25, 0.3) is 0 Å². The minimum absolute atomic E-state index is 0.000744. The van der Waals surface area contributed by atoms with Gasteiger partial charge in [-0.05, 0) is 55.6 Å². The molecule has 1 fully saturated rings. The summed E-state index contributed by atoms with van der Waals surface area (Å²) in [6, 6.07) is 8.16. The summed E-state index contributed by atoms with van der Waals surface area (Å²) in [5.41, 5.74) is 7.75. The summed E-state index contributed by atoms with van der Waals surface area (Å²) in [5, 5.41) is 2.96. The van der Waals surface area contributed by atoms with Gasteiger partial charge in [0.15, 0.2) is 0 Å². The van der Waals surface area contributed by atoms with E-state index in [4.69, 9.17) is 5.73 Å². The number of halogens is 1. The zero-order chi connectivity index (χ0) is 19.4. The third kappa shape index (κ3) is 4.80. The second kappa shape index (κ2) is 8.43. The van der Waals surface area contributed by atoms with E-state index in [0.717, 1.165) is 37.2 Å². The number of hydrogen-bond donors (Lipinski definition) is 2. The van der Waals surface area contributed by atoms with Gasteiger partial charge in [-0.1, -0.05) is 26.0 Å². The fourth-order valence-electron chi connectivity index (χ4n) is 3.37. The number of carbonyl (C=O) groups excluding carboxylic acids is 1. The largest absolute Gasteiger partial charge is 0.368 e. The first-order valence-corrected chi connectivity index (χ1v) is 9.36. The molecule has 1 atom stereocenters. The quantitative estimate of drug-likeness (QED) is 0.816. The molecule has 144 valence electrons. The van der Waals surface area contributed by atoms with Crippen LogP contribution in [-0.4, -0.2) is 40.4 Å². The Labute approximate surface area is 159 Å². The number of benzene rings is 1. The van der Waals surface area contributed by atoms with Crippen molar-refractivity contribution in [3.8, 4) is 0 Å². The molecule has 1 aliphatic rings. The Morgan fingerprint density at radius 2 is 1.89 bits per heavy atom. The maximum atomic E-state index is 13.3. The molecule has 0 bridgehead atoms. The number of likely N-dealkylation sites (tertiary alicyclic amines) is 1. The predicted octanol–water partition coefficient (Wildman–Crippen LogP) is 2.89. The van der Waals surface area contributed by atoms with Gasteiger partial charge in [0.25, 0.3) is 5.91 Å². The molecule has 0 radical (unpaired) electrons. The van der Waals surface area contributed by atoms with Crippen molar-refractivity contribution in [1.82, 2.24) is 20.2 Å². The van der Waals surface area contributed by atoms with Crippen LogP contribution in [0.2, 0.25) is 0 Å². The van der Waals surface area contributed by atoms with E-state index in [1.54, 1.807) is 18.2 Å². The summed E-state index contributed by atoms with van der Waals surface area (Å²) in [7, 11) is 0. The van der Waals surface area contributed by atoms with Crippen molar-refractivity contribution in [2.24, 2.45) is 0 Å². The average molecular weight is 371 g/mol. The van der Waals surface area contributed by atoms with Crippen LogP contribution >= 0.6 is 0 Å². The summed E-state index contributed by atoms with van der Waals surface area (Å²) < 4.78 is 13.3. The number of nitrogens with zero attached hydrogens (tertiary/aromatic N) is 3. The molecule has 0 spiro atoms. The Hall–Kier alpha value is -2.54. The highest BCUT2D eigenvalue weighted by atomic mass is 19.1. The van der Waals surface area contributed by atoms with Crippen LogP contribution in [0.4, 0.5) is 10.3 Å². The van der Waals surface area contributed by atoms with Crippen LogP contribution in [0.1, 0.15) is 60.4 Å². The van der Waals surface area contributed by atoms with Crippen molar-refractivity contribution in [1.29, 1.82) is 0 Å². The fourth-order valence-corrected chi connectivity index (χ4v) is 3.37. The van der Waals surface area contributed by atoms with Gasteiger partial charge in [-0.2, -0.15) is 0 Å². The molecule has 1 aromatic carbocycles. The van der Waals surface area contributed by atoms with Gasteiger partial charge in [-0.3, -0.25) is 9.69 Å². The lowest BCUT2D eigenvalue weighted by Gasteiger charge is -2.28. The summed E-state index contributed by atoms with van der Waals surface area (Å²) >= 11 is 0. The number of amides is 1. The van der Waals surface area contributed by atoms with Crippen molar-refractivity contribution >= 4 is 11.9 Å². The molecule has 0 saturated carbocycles. The van der Waals surface area contributed by atoms with E-state index < -0.39 is 0 Å². The summed E-state index contributed by atoms with van der Waals surface area (Å²) in [6.07, 6.45) is 2.26. The number of nitrogen functional groups attached to an aromatic ring is 1. The first-order chi connectivity index (χ1) is 12.9. The van der Waals surface area contributed by atoms with Gasteiger partial charge in [0.2, 0.25) is 5.95 Å². The maximum Gasteiger partial charge on any atom is 0.270 e. The molecule has 7 heteroatoms. The standard InChI is InChI=1S/C20H26FN5O/c1-13(2)16-11-17(25-20(22)24-16)19(27)23-12-18(26-9-3-4-10-26)14-5-7-15(21)8-6-14/h5-8,11,13,18H,3-4,9-10,12H2,1-2H3,(H,23,27)(H2,22,24,25)/t18-/m1/s1. The topological polar surface area (TPSA) is 84.1 Å². The predicted molar refractivity (Wildman–Crippen MR) is 103 cm³/mol. The van der Waals surface area contributed by atoms with Gasteiger partial charge >= 0.3 is 0 Å². The highest BCUT2D eigenvalue weighted by Gasteiger charge is 2.24. The second-order valence-corrected chi connectivity index (χ2v) is 7.21. The molecule has 3 rings (SSSR count).